The molecule has 2 heterocycles. The van der Waals surface area contributed by atoms with Crippen LogP contribution in [0.3, 0.4) is 0 Å². The fourth-order valence-electron chi connectivity index (χ4n) is 4.82. The van der Waals surface area contributed by atoms with Crippen LogP contribution in [0.1, 0.15) is 35.7 Å². The lowest BCUT2D eigenvalue weighted by Gasteiger charge is -2.21. The first-order valence-electron chi connectivity index (χ1n) is 10.8. The van der Waals surface area contributed by atoms with Crippen LogP contribution in [0.25, 0.3) is 11.3 Å². The Labute approximate surface area is 187 Å². The molecule has 1 aliphatic heterocycles. The number of halogens is 3. The number of hydrogen-bond donors (Lipinski definition) is 2. The van der Waals surface area contributed by atoms with Crippen LogP contribution in [0.2, 0.25) is 0 Å². The lowest BCUT2D eigenvalue weighted by molar-refractivity contribution is -0.193. The van der Waals surface area contributed by atoms with Gasteiger partial charge in [0.15, 0.2) is 0 Å². The van der Waals surface area contributed by atoms with Crippen molar-refractivity contribution in [2.75, 3.05) is 18.0 Å². The number of nitrogens with zero attached hydrogens (tertiary/aromatic N) is 1. The van der Waals surface area contributed by atoms with Gasteiger partial charge in [0.1, 0.15) is 5.56 Å². The molecule has 0 spiro atoms. The Balaban J connectivity index is 1.55. The van der Waals surface area contributed by atoms with Crippen molar-refractivity contribution in [2.24, 2.45) is 17.6 Å². The van der Waals surface area contributed by atoms with Crippen LogP contribution >= 0.6 is 0 Å². The lowest BCUT2D eigenvalue weighted by atomic mass is 9.98. The maximum Gasteiger partial charge on any atom is 0.491 e. The summed E-state index contributed by atoms with van der Waals surface area (Å²) in [5.41, 5.74) is 7.33. The van der Waals surface area contributed by atoms with Crippen LogP contribution < -0.4 is 16.2 Å². The molecule has 1 saturated heterocycles. The summed E-state index contributed by atoms with van der Waals surface area (Å²) in [5, 5.41) is 0. The van der Waals surface area contributed by atoms with E-state index in [1.807, 2.05) is 24.3 Å². The van der Waals surface area contributed by atoms with Crippen molar-refractivity contribution in [3.63, 3.8) is 0 Å². The van der Waals surface area contributed by atoms with E-state index >= 15 is 0 Å². The van der Waals surface area contributed by atoms with Gasteiger partial charge in [0.05, 0.1) is 5.69 Å². The third kappa shape index (κ3) is 4.52. The molecule has 4 rings (SSSR count). The molecule has 2 aromatic rings. The molecular weight excluding hydrogens is 439 g/mol. The van der Waals surface area contributed by atoms with E-state index < -0.39 is 29.2 Å². The summed E-state index contributed by atoms with van der Waals surface area (Å²) in [6, 6.07) is 9.00. The minimum Gasteiger partial charge on any atom is -0.382 e. The smallest absolute Gasteiger partial charge is 0.382 e. The van der Waals surface area contributed by atoms with E-state index in [4.69, 9.17) is 5.73 Å². The molecule has 1 aliphatic carbocycles. The Morgan fingerprint density at radius 2 is 1.88 bits per heavy atom. The Bertz CT molecular complexity index is 1130. The fraction of sp³-hybridized carbons (Fsp3) is 0.435. The molecule has 0 amide bonds. The molecule has 33 heavy (non-hydrogen) atoms. The first-order chi connectivity index (χ1) is 15.6. The number of aryl methyl sites for hydroxylation is 1. The van der Waals surface area contributed by atoms with Crippen LogP contribution in [0, 0.1) is 11.8 Å². The molecule has 0 bridgehead atoms. The van der Waals surface area contributed by atoms with E-state index in [0.29, 0.717) is 35.1 Å². The van der Waals surface area contributed by atoms with Crippen LogP contribution in [0.5, 0.6) is 0 Å². The van der Waals surface area contributed by atoms with Crippen LogP contribution in [-0.4, -0.2) is 42.2 Å². The lowest BCUT2D eigenvalue weighted by Crippen LogP contribution is -2.30. The number of carbonyl (C=O) groups is 2. The molecule has 1 aromatic heterocycles. The van der Waals surface area contributed by atoms with Gasteiger partial charge in [-0.05, 0) is 60.4 Å². The average molecular weight is 463 g/mol. The van der Waals surface area contributed by atoms with Crippen LogP contribution in [0.15, 0.2) is 35.1 Å². The number of nitrogens with two attached hydrogens (primary N) is 1. The van der Waals surface area contributed by atoms with Gasteiger partial charge in [-0.1, -0.05) is 19.1 Å². The highest BCUT2D eigenvalue weighted by molar-refractivity contribution is 5.98. The molecule has 3 N–H and O–H groups in total. The molecule has 3 atom stereocenters. The largest absolute Gasteiger partial charge is 0.491 e. The number of ether oxygens (including phenoxy) is 1. The van der Waals surface area contributed by atoms with Gasteiger partial charge >= 0.3 is 18.1 Å². The summed E-state index contributed by atoms with van der Waals surface area (Å²) in [6.45, 7) is 3.64. The van der Waals surface area contributed by atoms with Gasteiger partial charge in [-0.2, -0.15) is 13.2 Å². The first-order valence-corrected chi connectivity index (χ1v) is 10.8. The molecular formula is C23H24F3N3O4. The van der Waals surface area contributed by atoms with Gasteiger partial charge in [0.25, 0.3) is 5.56 Å². The minimum absolute atomic E-state index is 0.244. The highest BCUT2D eigenvalue weighted by atomic mass is 19.4. The second kappa shape index (κ2) is 8.66. The number of pyridine rings is 1. The number of anilines is 1. The normalized spacial score (nSPS) is 22.3. The Morgan fingerprint density at radius 1 is 1.18 bits per heavy atom. The quantitative estimate of drug-likeness (QED) is 0.534. The molecule has 1 saturated carbocycles. The van der Waals surface area contributed by atoms with Gasteiger partial charge in [-0.3, -0.25) is 4.79 Å². The van der Waals surface area contributed by atoms with E-state index in [2.05, 4.69) is 14.6 Å². The molecule has 2 fully saturated rings. The highest BCUT2D eigenvalue weighted by Gasteiger charge is 2.43. The van der Waals surface area contributed by atoms with Crippen molar-refractivity contribution in [1.82, 2.24) is 4.98 Å². The predicted molar refractivity (Wildman–Crippen MR) is 115 cm³/mol. The zero-order valence-electron chi connectivity index (χ0n) is 17.9. The van der Waals surface area contributed by atoms with Crippen LogP contribution in [0.4, 0.5) is 18.9 Å². The number of nitrogens with one attached hydrogen (secondary N) is 1. The third-order valence-corrected chi connectivity index (χ3v) is 6.57. The summed E-state index contributed by atoms with van der Waals surface area (Å²) in [7, 11) is 0. The van der Waals surface area contributed by atoms with E-state index in [1.54, 1.807) is 6.92 Å². The monoisotopic (exact) mass is 463 g/mol. The number of aromatic nitrogens is 1. The third-order valence-electron chi connectivity index (χ3n) is 6.57. The molecule has 10 heteroatoms. The Morgan fingerprint density at radius 3 is 2.48 bits per heavy atom. The summed E-state index contributed by atoms with van der Waals surface area (Å²) in [4.78, 5) is 40.2. The maximum absolute atomic E-state index is 12.4. The number of fused-ring (bicyclic) bond motifs is 1. The number of aromatic amines is 1. The summed E-state index contributed by atoms with van der Waals surface area (Å²) in [6.07, 6.45) is -2.74. The van der Waals surface area contributed by atoms with Gasteiger partial charge in [0.2, 0.25) is 0 Å². The Kier molecular flexibility index (Phi) is 6.04. The molecule has 0 radical (unpaired) electrons. The number of rotatable bonds is 4. The second-order valence-corrected chi connectivity index (χ2v) is 8.56. The van der Waals surface area contributed by atoms with Crippen molar-refractivity contribution >= 4 is 17.6 Å². The number of H-pyrrole nitrogens is 1. The van der Waals surface area contributed by atoms with Gasteiger partial charge < -0.3 is 20.4 Å². The van der Waals surface area contributed by atoms with E-state index in [0.717, 1.165) is 37.7 Å². The Hall–Kier alpha value is -3.14. The number of alkyl halides is 3. The SMILES string of the molecule is CCc1cc(C(=O)OC(=O)C(F)(F)F)c(=O)[nH]c1-c1ccc(N2C[C@H]3CC[C@@H](N)[C@H]3C2)cc1. The van der Waals surface area contributed by atoms with Crippen LogP contribution in [-0.2, 0) is 16.0 Å². The number of hydrogen-bond acceptors (Lipinski definition) is 6. The average Bonchev–Trinajstić information content (AvgIpc) is 3.35. The molecule has 1 aromatic carbocycles. The summed E-state index contributed by atoms with van der Waals surface area (Å²) in [5.74, 6) is -3.20. The number of esters is 2. The van der Waals surface area contributed by atoms with Gasteiger partial charge in [-0.15, -0.1) is 0 Å². The second-order valence-electron chi connectivity index (χ2n) is 8.56. The van der Waals surface area contributed by atoms with E-state index in [9.17, 15) is 27.6 Å². The van der Waals surface area contributed by atoms with Crippen molar-refractivity contribution in [3.8, 4) is 11.3 Å². The molecule has 176 valence electrons. The standard InChI is InChI=1S/C23H24F3N3O4/c1-2-12-9-16(21(31)33-22(32)23(24,25)26)20(30)28-19(12)13-3-6-15(7-4-13)29-10-14-5-8-18(27)17(14)11-29/h3-4,6-7,9,14,17-18H,2,5,8,10-11,27H2,1H3,(H,28,30)/t14-,17+,18-/m1/s1. The van der Waals surface area contributed by atoms with Crippen molar-refractivity contribution < 1.29 is 27.5 Å². The summed E-state index contributed by atoms with van der Waals surface area (Å²) < 4.78 is 40.9. The number of carbonyl (C=O) groups excluding carboxylic acids is 2. The highest BCUT2D eigenvalue weighted by Crippen LogP contribution is 2.39. The fourth-order valence-corrected chi connectivity index (χ4v) is 4.82. The van der Waals surface area contributed by atoms with Crippen molar-refractivity contribution in [1.29, 1.82) is 0 Å². The van der Waals surface area contributed by atoms with E-state index in [-0.39, 0.29) is 6.04 Å². The van der Waals surface area contributed by atoms with Gasteiger partial charge in [-0.25, -0.2) is 9.59 Å². The van der Waals surface area contributed by atoms with Crippen molar-refractivity contribution in [2.45, 2.75) is 38.4 Å². The number of benzene rings is 1. The molecule has 7 nitrogen and oxygen atoms in total. The van der Waals surface area contributed by atoms with E-state index in [1.165, 1.54) is 0 Å². The zero-order chi connectivity index (χ0) is 23.9. The van der Waals surface area contributed by atoms with Gasteiger partial charge in [0, 0.05) is 24.8 Å². The molecule has 0 unspecified atom stereocenters. The first kappa shape index (κ1) is 23.0. The zero-order valence-corrected chi connectivity index (χ0v) is 17.9. The predicted octanol–water partition coefficient (Wildman–Crippen LogP) is 3.02. The maximum atomic E-state index is 12.4. The minimum atomic E-state index is -5.34. The van der Waals surface area contributed by atoms with Crippen molar-refractivity contribution in [3.05, 3.63) is 51.8 Å². The topological polar surface area (TPSA) is 105 Å². The summed E-state index contributed by atoms with van der Waals surface area (Å²) >= 11 is 0. The molecule has 2 aliphatic rings.